The Balaban J connectivity index is 1.59. The first-order valence-corrected chi connectivity index (χ1v) is 13.0. The molecule has 2 bridgehead atoms. The highest BCUT2D eigenvalue weighted by Crippen LogP contribution is 2.62. The van der Waals surface area contributed by atoms with Crippen LogP contribution >= 0.6 is 0 Å². The number of Topliss-reactive ketones (excluding diaryl/α,β-unsaturated/α-hetero) is 2. The number of ketones is 3. The number of aliphatic hydroxyl groups is 2. The van der Waals surface area contributed by atoms with E-state index in [0.717, 1.165) is 25.3 Å². The first kappa shape index (κ1) is 27.9. The van der Waals surface area contributed by atoms with Gasteiger partial charge in [-0.2, -0.15) is 0 Å². The third-order valence-corrected chi connectivity index (χ3v) is 8.73. The van der Waals surface area contributed by atoms with Gasteiger partial charge in [-0.1, -0.05) is 18.2 Å². The van der Waals surface area contributed by atoms with Crippen molar-refractivity contribution in [2.24, 2.45) is 5.41 Å². The third kappa shape index (κ3) is 3.32. The largest absolute Gasteiger partial charge is 0.507 e. The number of aliphatic hydroxyl groups excluding tert-OH is 1. The zero-order chi connectivity index (χ0) is 31.3. The van der Waals surface area contributed by atoms with Crippen molar-refractivity contribution in [1.82, 2.24) is 0 Å². The molecule has 0 aliphatic heterocycles. The van der Waals surface area contributed by atoms with Gasteiger partial charge in [0.2, 0.25) is 11.6 Å². The van der Waals surface area contributed by atoms with Gasteiger partial charge in [0.1, 0.15) is 39.9 Å². The molecule has 4 aliphatic carbocycles. The van der Waals surface area contributed by atoms with E-state index < -0.39 is 104 Å². The van der Waals surface area contributed by atoms with E-state index in [1.54, 1.807) is 6.92 Å². The Labute approximate surface area is 242 Å². The Kier molecular flexibility index (Phi) is 5.78. The zero-order valence-electron chi connectivity index (χ0n) is 22.6. The van der Waals surface area contributed by atoms with E-state index in [1.165, 1.54) is 24.3 Å². The number of hydrogen-bond donors (Lipinski definition) is 7. The molecule has 0 heterocycles. The summed E-state index contributed by atoms with van der Waals surface area (Å²) in [5.41, 5.74) is -7.59. The molecule has 12 heteroatoms. The number of allylic oxidation sites excluding steroid dienone is 1. The van der Waals surface area contributed by atoms with Crippen LogP contribution in [0.25, 0.3) is 0 Å². The maximum absolute atomic E-state index is 14.0. The summed E-state index contributed by atoms with van der Waals surface area (Å²) in [6.45, 7) is 1.61. The number of methoxy groups -OCH3 is 1. The molecule has 0 fully saturated rings. The minimum absolute atomic E-state index is 0.00585. The number of aromatic hydroxyl groups is 5. The molecule has 4 atom stereocenters. The van der Waals surface area contributed by atoms with Crippen molar-refractivity contribution in [3.05, 3.63) is 87.0 Å². The molecule has 4 aliphatic rings. The number of benzene rings is 3. The van der Waals surface area contributed by atoms with Crippen LogP contribution in [0.2, 0.25) is 0 Å². The molecule has 0 unspecified atom stereocenters. The van der Waals surface area contributed by atoms with Gasteiger partial charge >= 0.3 is 5.97 Å². The fourth-order valence-electron chi connectivity index (χ4n) is 6.77. The molecular formula is C31H24O12. The fourth-order valence-corrected chi connectivity index (χ4v) is 6.77. The number of esters is 1. The molecular weight excluding hydrogens is 564 g/mol. The monoisotopic (exact) mass is 588 g/mol. The van der Waals surface area contributed by atoms with Crippen LogP contribution in [0.15, 0.2) is 42.5 Å². The van der Waals surface area contributed by atoms with Crippen molar-refractivity contribution in [2.45, 2.75) is 31.0 Å². The lowest BCUT2D eigenvalue weighted by molar-refractivity contribution is -0.154. The summed E-state index contributed by atoms with van der Waals surface area (Å²) in [6.07, 6.45) is 0.369. The van der Waals surface area contributed by atoms with Crippen molar-refractivity contribution in [3.8, 4) is 28.7 Å². The normalized spacial score (nSPS) is 25.0. The number of phenols is 5. The second kappa shape index (κ2) is 8.90. The van der Waals surface area contributed by atoms with Gasteiger partial charge in [-0.05, 0) is 54.3 Å². The number of phenolic OH excluding ortho intramolecular Hbond substituents is 5. The van der Waals surface area contributed by atoms with Crippen LogP contribution in [0.3, 0.4) is 0 Å². The molecule has 7 N–H and O–H groups in total. The first-order chi connectivity index (χ1) is 20.2. The van der Waals surface area contributed by atoms with Gasteiger partial charge in [0.25, 0.3) is 0 Å². The zero-order valence-corrected chi connectivity index (χ0v) is 22.6. The van der Waals surface area contributed by atoms with Gasteiger partial charge in [-0.3, -0.25) is 14.4 Å². The third-order valence-electron chi connectivity index (χ3n) is 8.73. The van der Waals surface area contributed by atoms with Gasteiger partial charge in [-0.25, -0.2) is 4.79 Å². The molecule has 1 spiro atoms. The molecule has 0 radical (unpaired) electrons. The van der Waals surface area contributed by atoms with E-state index in [4.69, 9.17) is 0 Å². The van der Waals surface area contributed by atoms with E-state index in [-0.39, 0.29) is 16.7 Å². The minimum Gasteiger partial charge on any atom is -0.507 e. The van der Waals surface area contributed by atoms with Crippen LogP contribution in [0.4, 0.5) is 0 Å². The second-order valence-corrected chi connectivity index (χ2v) is 11.0. The lowest BCUT2D eigenvalue weighted by Crippen LogP contribution is -2.66. The highest BCUT2D eigenvalue weighted by atomic mass is 16.5. The Morgan fingerprint density at radius 1 is 0.907 bits per heavy atom. The average Bonchev–Trinajstić information content (AvgIpc) is 3.16. The van der Waals surface area contributed by atoms with Crippen LogP contribution in [-0.4, -0.2) is 71.8 Å². The van der Waals surface area contributed by atoms with Gasteiger partial charge in [-0.15, -0.1) is 0 Å². The lowest BCUT2D eigenvalue weighted by atomic mass is 9.53. The maximum Gasteiger partial charge on any atom is 0.342 e. The van der Waals surface area contributed by atoms with Gasteiger partial charge in [0.15, 0.2) is 11.4 Å². The van der Waals surface area contributed by atoms with Crippen molar-refractivity contribution in [2.75, 3.05) is 7.11 Å². The van der Waals surface area contributed by atoms with E-state index in [0.29, 0.717) is 5.56 Å². The summed E-state index contributed by atoms with van der Waals surface area (Å²) < 4.78 is 4.61. The molecule has 7 rings (SSSR count). The Bertz CT molecular complexity index is 1870. The molecule has 0 saturated carbocycles. The van der Waals surface area contributed by atoms with Gasteiger partial charge in [0.05, 0.1) is 35.7 Å². The second-order valence-electron chi connectivity index (χ2n) is 11.0. The van der Waals surface area contributed by atoms with Crippen molar-refractivity contribution >= 4 is 23.3 Å². The summed E-state index contributed by atoms with van der Waals surface area (Å²) in [7, 11) is 0.963. The summed E-state index contributed by atoms with van der Waals surface area (Å²) in [6, 6.07) is 5.54. The average molecular weight is 589 g/mol. The topological polar surface area (TPSA) is 219 Å². The van der Waals surface area contributed by atoms with Crippen molar-refractivity contribution in [1.29, 1.82) is 0 Å². The summed E-state index contributed by atoms with van der Waals surface area (Å²) in [4.78, 5) is 54.0. The van der Waals surface area contributed by atoms with Crippen LogP contribution < -0.4 is 0 Å². The minimum atomic E-state index is -2.92. The highest BCUT2D eigenvalue weighted by Gasteiger charge is 2.70. The number of aryl methyl sites for hydroxylation is 1. The van der Waals surface area contributed by atoms with E-state index >= 15 is 0 Å². The van der Waals surface area contributed by atoms with Crippen LogP contribution in [0.1, 0.15) is 70.9 Å². The molecule has 0 saturated heterocycles. The van der Waals surface area contributed by atoms with E-state index in [2.05, 4.69) is 4.74 Å². The predicted octanol–water partition coefficient (Wildman–Crippen LogP) is 1.97. The molecule has 3 aromatic carbocycles. The SMILES string of the molecule is COC(=O)c1c(O)ccc(O)c1C(=O)c1c(O)cc2c(c1O)[C@@H]1C=C[C@@]3(C2)[C@@H](O)c2cc(C)cc(O)c2C(=O)[C@@]3(O)C1=O. The van der Waals surface area contributed by atoms with E-state index in [1.807, 2.05) is 0 Å². The lowest BCUT2D eigenvalue weighted by Gasteiger charge is -2.51. The molecule has 0 aromatic heterocycles. The number of fused-ring (bicyclic) bond motifs is 1. The van der Waals surface area contributed by atoms with Gasteiger partial charge < -0.3 is 40.5 Å². The Hall–Kier alpha value is -5.20. The van der Waals surface area contributed by atoms with Crippen LogP contribution in [0, 0.1) is 12.3 Å². The fraction of sp³-hybridized carbons (Fsp3) is 0.226. The predicted molar refractivity (Wildman–Crippen MR) is 144 cm³/mol. The van der Waals surface area contributed by atoms with Crippen molar-refractivity contribution < 1.29 is 59.7 Å². The number of carbonyl (C=O) groups is 4. The number of carbonyl (C=O) groups excluding carboxylic acids is 4. The van der Waals surface area contributed by atoms with E-state index in [9.17, 15) is 54.9 Å². The molecule has 3 aromatic rings. The molecule has 43 heavy (non-hydrogen) atoms. The molecule has 220 valence electrons. The van der Waals surface area contributed by atoms with Gasteiger partial charge in [0, 0.05) is 5.56 Å². The number of hydrogen-bond acceptors (Lipinski definition) is 12. The van der Waals surface area contributed by atoms with Crippen LogP contribution in [-0.2, 0) is 16.0 Å². The quantitative estimate of drug-likeness (QED) is 0.0768. The standard InChI is InChI=1S/C31H24O12/c1-11-7-14-20(17(34)8-11)28(40)31(42)27(39)13-5-6-30(31,26(14)38)10-12-9-18(35)23(24(36)19(12)13)25(37)21-15(32)3-4-16(33)22(21)29(41)43-2/h3-9,13,26,32-36,38,42H,10H2,1-2H3/t13-,26-,30+,31-/m0/s1. The number of rotatable bonds is 3. The summed E-state index contributed by atoms with van der Waals surface area (Å²) in [5, 5.41) is 77.4. The highest BCUT2D eigenvalue weighted by molar-refractivity contribution is 6.24. The summed E-state index contributed by atoms with van der Waals surface area (Å²) >= 11 is 0. The Morgan fingerprint density at radius 3 is 2.21 bits per heavy atom. The Morgan fingerprint density at radius 2 is 1.56 bits per heavy atom. The first-order valence-electron chi connectivity index (χ1n) is 13.0. The molecule has 0 amide bonds. The summed E-state index contributed by atoms with van der Waals surface area (Å²) in [5.74, 6) is -10.3. The molecule has 12 nitrogen and oxygen atoms in total. The maximum atomic E-state index is 14.0. The smallest absolute Gasteiger partial charge is 0.342 e. The van der Waals surface area contributed by atoms with Crippen molar-refractivity contribution in [3.63, 3.8) is 0 Å². The van der Waals surface area contributed by atoms with Crippen LogP contribution in [0.5, 0.6) is 28.7 Å². The number of ether oxygens (including phenoxy) is 1.